The second-order valence-corrected chi connectivity index (χ2v) is 8.79. The lowest BCUT2D eigenvalue weighted by Crippen LogP contribution is -2.44. The number of carbonyl (C=O) groups is 2. The first-order valence-electron chi connectivity index (χ1n) is 10.4. The first-order chi connectivity index (χ1) is 15.5. The molecule has 1 aliphatic rings. The molecule has 0 bridgehead atoms. The zero-order valence-electron chi connectivity index (χ0n) is 17.3. The van der Waals surface area contributed by atoms with Gasteiger partial charge in [0.1, 0.15) is 0 Å². The number of anilines is 1. The lowest BCUT2D eigenvalue weighted by molar-refractivity contribution is -0.121. The molecule has 0 saturated heterocycles. The molecular formula is C23H23Cl2N5O2. The molecule has 0 spiro atoms. The normalized spacial score (nSPS) is 17.4. The van der Waals surface area contributed by atoms with Crippen molar-refractivity contribution < 1.29 is 9.59 Å². The van der Waals surface area contributed by atoms with Crippen molar-refractivity contribution in [1.82, 2.24) is 20.5 Å². The summed E-state index contributed by atoms with van der Waals surface area (Å²) in [4.78, 5) is 28.5. The lowest BCUT2D eigenvalue weighted by Gasteiger charge is -2.35. The predicted octanol–water partition coefficient (Wildman–Crippen LogP) is 4.29. The average Bonchev–Trinajstić information content (AvgIpc) is 3.20. The van der Waals surface area contributed by atoms with Gasteiger partial charge in [-0.05, 0) is 48.6 Å². The van der Waals surface area contributed by atoms with Crippen LogP contribution in [0, 0.1) is 0 Å². The second kappa shape index (κ2) is 10.1. The van der Waals surface area contributed by atoms with E-state index in [-0.39, 0.29) is 30.2 Å². The lowest BCUT2D eigenvalue weighted by atomic mass is 9.78. The molecular weight excluding hydrogens is 449 g/mol. The fourth-order valence-electron chi connectivity index (χ4n) is 3.72. The predicted molar refractivity (Wildman–Crippen MR) is 124 cm³/mol. The van der Waals surface area contributed by atoms with E-state index in [9.17, 15) is 9.59 Å². The Morgan fingerprint density at radius 3 is 2.66 bits per heavy atom. The summed E-state index contributed by atoms with van der Waals surface area (Å²) in [7, 11) is 0. The van der Waals surface area contributed by atoms with E-state index >= 15 is 0 Å². The molecule has 0 aliphatic heterocycles. The van der Waals surface area contributed by atoms with Crippen molar-refractivity contribution >= 4 is 40.8 Å². The van der Waals surface area contributed by atoms with E-state index in [1.54, 1.807) is 30.6 Å². The highest BCUT2D eigenvalue weighted by molar-refractivity contribution is 6.42. The molecule has 0 unspecified atom stereocenters. The van der Waals surface area contributed by atoms with Gasteiger partial charge in [-0.25, -0.2) is 0 Å². The van der Waals surface area contributed by atoms with Crippen LogP contribution in [0.4, 0.5) is 5.82 Å². The summed E-state index contributed by atoms with van der Waals surface area (Å²) in [5.74, 6) is 0.660. The van der Waals surface area contributed by atoms with Crippen LogP contribution in [0.25, 0.3) is 0 Å². The number of pyridine rings is 1. The van der Waals surface area contributed by atoms with E-state index < -0.39 is 0 Å². The maximum atomic E-state index is 12.3. The summed E-state index contributed by atoms with van der Waals surface area (Å²) in [5, 5.41) is 14.0. The molecule has 2 amide bonds. The number of rotatable bonds is 8. The average molecular weight is 472 g/mol. The molecule has 2 heterocycles. The Labute approximate surface area is 195 Å². The number of aromatic amines is 1. The standard InChI is InChI=1S/C23H23Cl2N5O2/c24-18-5-3-15(8-19(18)25)9-23(32)27-17-10-16(11-17)20-12-21(30-29-20)28-22(31)6-4-14-2-1-7-26-13-14/h1-3,5,7-8,12-13,16-17H,4,6,9-11H2,(H,27,32)(H2,28,29,30,31)/t16-,17+. The minimum absolute atomic E-state index is 0.0435. The molecule has 0 atom stereocenters. The minimum Gasteiger partial charge on any atom is -0.353 e. The van der Waals surface area contributed by atoms with Crippen molar-refractivity contribution in [3.8, 4) is 0 Å². The second-order valence-electron chi connectivity index (χ2n) is 7.98. The number of aromatic nitrogens is 3. The van der Waals surface area contributed by atoms with Gasteiger partial charge in [-0.3, -0.25) is 19.7 Å². The van der Waals surface area contributed by atoms with E-state index in [1.165, 1.54) is 0 Å². The molecule has 9 heteroatoms. The van der Waals surface area contributed by atoms with Crippen molar-refractivity contribution in [2.24, 2.45) is 0 Å². The third-order valence-corrected chi connectivity index (χ3v) is 6.26. The first-order valence-corrected chi connectivity index (χ1v) is 11.2. The SMILES string of the molecule is O=C(CCc1cccnc1)Nc1cc([C@H]2C[C@@H](NC(=O)Cc3ccc(Cl)c(Cl)c3)C2)[nH]n1. The Kier molecular flexibility index (Phi) is 7.07. The molecule has 2 aromatic heterocycles. The van der Waals surface area contributed by atoms with Gasteiger partial charge in [0.15, 0.2) is 5.82 Å². The number of halogens is 2. The first kappa shape index (κ1) is 22.3. The fraction of sp³-hybridized carbons (Fsp3) is 0.304. The third-order valence-electron chi connectivity index (χ3n) is 5.52. The van der Waals surface area contributed by atoms with Crippen LogP contribution in [-0.2, 0) is 22.4 Å². The van der Waals surface area contributed by atoms with E-state index in [0.29, 0.717) is 28.7 Å². The zero-order chi connectivity index (χ0) is 22.5. The molecule has 1 fully saturated rings. The van der Waals surface area contributed by atoms with E-state index in [0.717, 1.165) is 29.7 Å². The van der Waals surface area contributed by atoms with Crippen LogP contribution in [0.5, 0.6) is 0 Å². The maximum Gasteiger partial charge on any atom is 0.225 e. The molecule has 1 aromatic carbocycles. The number of hydrogen-bond donors (Lipinski definition) is 3. The highest BCUT2D eigenvalue weighted by atomic mass is 35.5. The Bertz CT molecular complexity index is 1100. The molecule has 1 saturated carbocycles. The molecule has 32 heavy (non-hydrogen) atoms. The van der Waals surface area contributed by atoms with Gasteiger partial charge in [-0.1, -0.05) is 35.3 Å². The molecule has 3 aromatic rings. The van der Waals surface area contributed by atoms with Gasteiger partial charge in [0.2, 0.25) is 11.8 Å². The Morgan fingerprint density at radius 2 is 1.91 bits per heavy atom. The molecule has 1 aliphatic carbocycles. The maximum absolute atomic E-state index is 12.3. The summed E-state index contributed by atoms with van der Waals surface area (Å²) < 4.78 is 0. The van der Waals surface area contributed by atoms with Crippen LogP contribution in [0.15, 0.2) is 48.8 Å². The van der Waals surface area contributed by atoms with Gasteiger partial charge in [0.25, 0.3) is 0 Å². The summed E-state index contributed by atoms with van der Waals surface area (Å²) in [6, 6.07) is 11.0. The largest absolute Gasteiger partial charge is 0.353 e. The van der Waals surface area contributed by atoms with Crippen LogP contribution in [0.3, 0.4) is 0 Å². The summed E-state index contributed by atoms with van der Waals surface area (Å²) in [6.07, 6.45) is 6.37. The summed E-state index contributed by atoms with van der Waals surface area (Å²) in [5.41, 5.74) is 2.81. The van der Waals surface area contributed by atoms with Crippen LogP contribution in [-0.4, -0.2) is 33.0 Å². The van der Waals surface area contributed by atoms with Gasteiger partial charge >= 0.3 is 0 Å². The van der Waals surface area contributed by atoms with Crippen molar-refractivity contribution in [2.75, 3.05) is 5.32 Å². The summed E-state index contributed by atoms with van der Waals surface area (Å²) in [6.45, 7) is 0. The summed E-state index contributed by atoms with van der Waals surface area (Å²) >= 11 is 11.9. The number of benzene rings is 1. The van der Waals surface area contributed by atoms with Gasteiger partial charge in [0.05, 0.1) is 16.5 Å². The van der Waals surface area contributed by atoms with E-state index in [2.05, 4.69) is 25.8 Å². The van der Waals surface area contributed by atoms with Gasteiger partial charge < -0.3 is 10.6 Å². The van der Waals surface area contributed by atoms with Crippen molar-refractivity contribution in [3.63, 3.8) is 0 Å². The minimum atomic E-state index is -0.0899. The fourth-order valence-corrected chi connectivity index (χ4v) is 4.04. The van der Waals surface area contributed by atoms with Crippen LogP contribution in [0.2, 0.25) is 10.0 Å². The number of aryl methyl sites for hydroxylation is 1. The molecule has 4 rings (SSSR count). The number of amides is 2. The topological polar surface area (TPSA) is 99.8 Å². The van der Waals surface area contributed by atoms with Crippen molar-refractivity contribution in [3.05, 3.63) is 75.7 Å². The smallest absolute Gasteiger partial charge is 0.225 e. The number of nitrogens with one attached hydrogen (secondary N) is 3. The zero-order valence-corrected chi connectivity index (χ0v) is 18.8. The van der Waals surface area contributed by atoms with Crippen molar-refractivity contribution in [1.29, 1.82) is 0 Å². The quantitative estimate of drug-likeness (QED) is 0.456. The number of H-pyrrole nitrogens is 1. The van der Waals surface area contributed by atoms with Gasteiger partial charge in [-0.2, -0.15) is 5.10 Å². The van der Waals surface area contributed by atoms with Crippen molar-refractivity contribution in [2.45, 2.75) is 44.1 Å². The number of hydrogen-bond acceptors (Lipinski definition) is 4. The van der Waals surface area contributed by atoms with Crippen LogP contribution >= 0.6 is 23.2 Å². The Morgan fingerprint density at radius 1 is 1.06 bits per heavy atom. The van der Waals surface area contributed by atoms with Crippen LogP contribution in [0.1, 0.15) is 42.0 Å². The highest BCUT2D eigenvalue weighted by Gasteiger charge is 2.32. The van der Waals surface area contributed by atoms with Gasteiger partial charge in [0, 0.05) is 42.5 Å². The van der Waals surface area contributed by atoms with Crippen LogP contribution < -0.4 is 10.6 Å². The Hall–Kier alpha value is -2.90. The molecule has 166 valence electrons. The Balaban J connectivity index is 1.19. The molecule has 7 nitrogen and oxygen atoms in total. The molecule has 0 radical (unpaired) electrons. The van der Waals surface area contributed by atoms with E-state index in [4.69, 9.17) is 23.2 Å². The monoisotopic (exact) mass is 471 g/mol. The number of nitrogens with zero attached hydrogens (tertiary/aromatic N) is 2. The number of carbonyl (C=O) groups excluding carboxylic acids is 2. The molecule has 3 N–H and O–H groups in total. The van der Waals surface area contributed by atoms with E-state index in [1.807, 2.05) is 18.2 Å². The van der Waals surface area contributed by atoms with Gasteiger partial charge in [-0.15, -0.1) is 0 Å². The highest BCUT2D eigenvalue weighted by Crippen LogP contribution is 2.36. The third kappa shape index (κ3) is 5.87.